The van der Waals surface area contributed by atoms with Crippen LogP contribution in [0.5, 0.6) is 0 Å². The van der Waals surface area contributed by atoms with Crippen LogP contribution in [0.15, 0.2) is 0 Å². The minimum Gasteiger partial charge on any atom is -0.465 e. The molecule has 0 radical (unpaired) electrons. The summed E-state index contributed by atoms with van der Waals surface area (Å²) >= 11 is 1.04. The molecule has 0 amide bonds. The lowest BCUT2D eigenvalue weighted by molar-refractivity contribution is -0.156. The van der Waals surface area contributed by atoms with Gasteiger partial charge in [0.1, 0.15) is 10.8 Å². The monoisotopic (exact) mass is 286 g/mol. The van der Waals surface area contributed by atoms with Crippen LogP contribution in [0.4, 0.5) is 0 Å². The fourth-order valence-corrected chi connectivity index (χ4v) is 2.23. The molecule has 0 bridgehead atoms. The van der Waals surface area contributed by atoms with E-state index in [0.717, 1.165) is 24.4 Å². The van der Waals surface area contributed by atoms with Crippen molar-refractivity contribution in [3.05, 3.63) is 10.8 Å². The van der Waals surface area contributed by atoms with Crippen molar-refractivity contribution < 1.29 is 19.1 Å². The highest BCUT2D eigenvalue weighted by Crippen LogP contribution is 2.22. The Morgan fingerprint density at radius 2 is 1.74 bits per heavy atom. The summed E-state index contributed by atoms with van der Waals surface area (Å²) in [7, 11) is 0. The van der Waals surface area contributed by atoms with E-state index >= 15 is 0 Å². The number of nitrogens with zero attached hydrogens (tertiary/aromatic N) is 2. The number of ether oxygens (including phenoxy) is 2. The van der Waals surface area contributed by atoms with Crippen LogP contribution in [0, 0.1) is 0 Å². The largest absolute Gasteiger partial charge is 0.465 e. The normalized spacial score (nSPS) is 10.5. The van der Waals surface area contributed by atoms with E-state index in [2.05, 4.69) is 9.36 Å². The molecule has 7 heteroatoms. The molecule has 1 aromatic rings. The van der Waals surface area contributed by atoms with E-state index < -0.39 is 17.9 Å². The fourth-order valence-electron chi connectivity index (χ4n) is 1.46. The van der Waals surface area contributed by atoms with Crippen molar-refractivity contribution in [2.75, 3.05) is 13.2 Å². The molecule has 0 aliphatic carbocycles. The van der Waals surface area contributed by atoms with Crippen molar-refractivity contribution in [1.82, 2.24) is 9.36 Å². The average Bonchev–Trinajstić information content (AvgIpc) is 2.79. The van der Waals surface area contributed by atoms with Crippen molar-refractivity contribution in [2.45, 2.75) is 39.5 Å². The molecule has 1 rings (SSSR count). The molecule has 0 spiro atoms. The highest BCUT2D eigenvalue weighted by Gasteiger charge is 2.34. The van der Waals surface area contributed by atoms with Crippen molar-refractivity contribution in [3.8, 4) is 0 Å². The van der Waals surface area contributed by atoms with E-state index in [4.69, 9.17) is 9.47 Å². The predicted molar refractivity (Wildman–Crippen MR) is 69.9 cm³/mol. The van der Waals surface area contributed by atoms with Gasteiger partial charge in [-0.05, 0) is 31.8 Å². The Kier molecular flexibility index (Phi) is 6.41. The number of carbonyl (C=O) groups excluding carboxylic acids is 2. The molecule has 0 N–H and O–H groups in total. The average molecular weight is 286 g/mol. The summed E-state index contributed by atoms with van der Waals surface area (Å²) < 4.78 is 13.9. The Hall–Kier alpha value is -1.50. The second-order valence-corrected chi connectivity index (χ2v) is 4.52. The Morgan fingerprint density at radius 1 is 1.16 bits per heavy atom. The number of hydrogen-bond acceptors (Lipinski definition) is 7. The zero-order valence-corrected chi connectivity index (χ0v) is 12.2. The smallest absolute Gasteiger partial charge is 0.327 e. The van der Waals surface area contributed by atoms with Gasteiger partial charge in [-0.3, -0.25) is 9.59 Å². The molecule has 1 heterocycles. The van der Waals surface area contributed by atoms with Crippen molar-refractivity contribution >= 4 is 23.5 Å². The highest BCUT2D eigenvalue weighted by molar-refractivity contribution is 7.05. The third kappa shape index (κ3) is 4.27. The zero-order chi connectivity index (χ0) is 14.3. The Bertz CT molecular complexity index is 415. The van der Waals surface area contributed by atoms with Crippen molar-refractivity contribution in [1.29, 1.82) is 0 Å². The maximum absolute atomic E-state index is 11.8. The molecule has 0 aliphatic rings. The van der Waals surface area contributed by atoms with Crippen molar-refractivity contribution in [3.63, 3.8) is 0 Å². The number of carbonyl (C=O) groups is 2. The van der Waals surface area contributed by atoms with Gasteiger partial charge in [-0.25, -0.2) is 4.98 Å². The summed E-state index contributed by atoms with van der Waals surface area (Å²) in [5.74, 6) is -1.76. The van der Waals surface area contributed by atoms with Crippen LogP contribution >= 0.6 is 11.5 Å². The van der Waals surface area contributed by atoms with Crippen LogP contribution in [0.1, 0.15) is 43.9 Å². The third-order valence-electron chi connectivity index (χ3n) is 2.25. The summed E-state index contributed by atoms with van der Waals surface area (Å²) in [5, 5.41) is 0.334. The van der Waals surface area contributed by atoms with Gasteiger partial charge in [0.2, 0.25) is 5.92 Å². The van der Waals surface area contributed by atoms with E-state index in [-0.39, 0.29) is 13.2 Å². The summed E-state index contributed by atoms with van der Waals surface area (Å²) in [5.41, 5.74) is 0. The number of hydrogen-bond donors (Lipinski definition) is 0. The molecular weight excluding hydrogens is 268 g/mol. The van der Waals surface area contributed by atoms with Crippen LogP contribution in [0.3, 0.4) is 0 Å². The number of rotatable bonds is 7. The molecule has 106 valence electrons. The van der Waals surface area contributed by atoms with Gasteiger partial charge in [0.15, 0.2) is 0 Å². The van der Waals surface area contributed by atoms with Gasteiger partial charge >= 0.3 is 11.9 Å². The number of esters is 2. The maximum Gasteiger partial charge on any atom is 0.327 e. The quantitative estimate of drug-likeness (QED) is 0.561. The lowest BCUT2D eigenvalue weighted by Crippen LogP contribution is -2.26. The predicted octanol–water partition coefficient (Wildman–Crippen LogP) is 1.70. The van der Waals surface area contributed by atoms with E-state index in [0.29, 0.717) is 10.8 Å². The molecule has 6 nitrogen and oxygen atoms in total. The molecule has 1 aromatic heterocycles. The molecule has 0 saturated carbocycles. The molecule has 0 aromatic carbocycles. The zero-order valence-electron chi connectivity index (χ0n) is 11.3. The molecular formula is C12H18N2O4S. The Balaban J connectivity index is 2.93. The summed E-state index contributed by atoms with van der Waals surface area (Å²) in [6, 6.07) is 0. The van der Waals surface area contributed by atoms with Gasteiger partial charge in [0.05, 0.1) is 13.2 Å². The van der Waals surface area contributed by atoms with Crippen LogP contribution < -0.4 is 0 Å². The summed E-state index contributed by atoms with van der Waals surface area (Å²) in [6.07, 6.45) is 1.62. The second-order valence-electron chi connectivity index (χ2n) is 3.74. The minimum absolute atomic E-state index is 0.204. The van der Waals surface area contributed by atoms with E-state index in [1.807, 2.05) is 6.92 Å². The van der Waals surface area contributed by atoms with E-state index in [1.54, 1.807) is 13.8 Å². The lowest BCUT2D eigenvalue weighted by Gasteiger charge is -2.11. The molecule has 0 fully saturated rings. The van der Waals surface area contributed by atoms with E-state index in [1.165, 1.54) is 0 Å². The third-order valence-corrected chi connectivity index (χ3v) is 3.07. The summed E-state index contributed by atoms with van der Waals surface area (Å²) in [4.78, 5) is 27.9. The maximum atomic E-state index is 11.8. The molecule has 0 unspecified atom stereocenters. The van der Waals surface area contributed by atoms with Crippen LogP contribution in [-0.4, -0.2) is 34.5 Å². The fraction of sp³-hybridized carbons (Fsp3) is 0.667. The first-order valence-corrected chi connectivity index (χ1v) is 7.07. The highest BCUT2D eigenvalue weighted by atomic mass is 32.1. The minimum atomic E-state index is -1.12. The Labute approximate surface area is 116 Å². The van der Waals surface area contributed by atoms with Gasteiger partial charge < -0.3 is 9.47 Å². The van der Waals surface area contributed by atoms with Crippen molar-refractivity contribution in [2.24, 2.45) is 0 Å². The topological polar surface area (TPSA) is 78.4 Å². The van der Waals surface area contributed by atoms with Gasteiger partial charge in [-0.1, -0.05) is 6.92 Å². The SMILES string of the molecule is CCCc1nsc(C(C(=O)OCC)C(=O)OCC)n1. The van der Waals surface area contributed by atoms with Gasteiger partial charge in [-0.2, -0.15) is 4.37 Å². The standard InChI is InChI=1S/C12H18N2O4S/c1-4-7-8-13-10(19-14-8)9(11(15)17-5-2)12(16)18-6-3/h9H,4-7H2,1-3H3. The van der Waals surface area contributed by atoms with Crippen LogP contribution in [0.25, 0.3) is 0 Å². The first-order chi connectivity index (χ1) is 9.13. The first kappa shape index (κ1) is 15.6. The van der Waals surface area contributed by atoms with Crippen LogP contribution in [-0.2, 0) is 25.5 Å². The molecule has 0 atom stereocenters. The molecule has 19 heavy (non-hydrogen) atoms. The van der Waals surface area contributed by atoms with Gasteiger partial charge in [0.25, 0.3) is 0 Å². The molecule has 0 aliphatic heterocycles. The summed E-state index contributed by atoms with van der Waals surface area (Å²) in [6.45, 7) is 5.78. The molecule has 0 saturated heterocycles. The number of aryl methyl sites for hydroxylation is 1. The second kappa shape index (κ2) is 7.83. The number of aromatic nitrogens is 2. The first-order valence-electron chi connectivity index (χ1n) is 6.29. The van der Waals surface area contributed by atoms with Crippen LogP contribution in [0.2, 0.25) is 0 Å². The van der Waals surface area contributed by atoms with Gasteiger partial charge in [0, 0.05) is 6.42 Å². The van der Waals surface area contributed by atoms with E-state index in [9.17, 15) is 9.59 Å². The van der Waals surface area contributed by atoms with Gasteiger partial charge in [-0.15, -0.1) is 0 Å². The Morgan fingerprint density at radius 3 is 2.21 bits per heavy atom. The lowest BCUT2D eigenvalue weighted by atomic mass is 10.1.